The number of aliphatic hydroxyl groups excluding tert-OH is 4. The van der Waals surface area contributed by atoms with Crippen LogP contribution in [0.3, 0.4) is 0 Å². The Morgan fingerprint density at radius 2 is 1.80 bits per heavy atom. The Morgan fingerprint density at radius 1 is 1.06 bits per heavy atom. The minimum Gasteiger partial charge on any atom is -0.493 e. The number of aliphatic carboxylic acids is 1. The van der Waals surface area contributed by atoms with E-state index in [-0.39, 0.29) is 50.8 Å². The van der Waals surface area contributed by atoms with Crippen molar-refractivity contribution in [3.63, 3.8) is 0 Å². The summed E-state index contributed by atoms with van der Waals surface area (Å²) < 4.78 is 17.0. The number of amides is 2. The van der Waals surface area contributed by atoms with Gasteiger partial charge in [0.2, 0.25) is 11.8 Å². The van der Waals surface area contributed by atoms with E-state index in [9.17, 15) is 39.9 Å². The van der Waals surface area contributed by atoms with E-state index in [0.29, 0.717) is 29.9 Å². The number of carboxylic acids is 1. The molecule has 0 aliphatic carbocycles. The van der Waals surface area contributed by atoms with Crippen LogP contribution in [0.2, 0.25) is 0 Å². The summed E-state index contributed by atoms with van der Waals surface area (Å²) in [6.45, 7) is -1.45. The molecule has 3 aromatic carbocycles. The van der Waals surface area contributed by atoms with Crippen LogP contribution in [0.25, 0.3) is 11.1 Å². The summed E-state index contributed by atoms with van der Waals surface area (Å²) in [7, 11) is 0. The van der Waals surface area contributed by atoms with Gasteiger partial charge in [0.25, 0.3) is 5.79 Å². The molecule has 0 spiro atoms. The van der Waals surface area contributed by atoms with Crippen LogP contribution in [0.4, 0.5) is 0 Å². The van der Waals surface area contributed by atoms with Crippen LogP contribution in [0.15, 0.2) is 72.8 Å². The second kappa shape index (κ2) is 19.7. The van der Waals surface area contributed by atoms with Crippen molar-refractivity contribution in [2.75, 3.05) is 19.8 Å². The summed E-state index contributed by atoms with van der Waals surface area (Å²) in [5, 5.41) is 57.4. The summed E-state index contributed by atoms with van der Waals surface area (Å²) in [5.74, 6) is -2.58. The molecule has 1 fully saturated rings. The zero-order chi connectivity index (χ0) is 35.4. The molecule has 6 atom stereocenters. The number of carboxylic acid groups (broad SMARTS) is 1. The maximum Gasteiger partial charge on any atom is 0.364 e. The second-order valence-corrected chi connectivity index (χ2v) is 11.4. The smallest absolute Gasteiger partial charge is 0.364 e. The molecule has 14 heteroatoms. The number of ether oxygens (including phenoxy) is 3. The van der Waals surface area contributed by atoms with Gasteiger partial charge in [-0.2, -0.15) is 30.3 Å². The van der Waals surface area contributed by atoms with Crippen molar-refractivity contribution >= 4 is 17.8 Å². The number of rotatable bonds is 16. The van der Waals surface area contributed by atoms with Gasteiger partial charge >= 0.3 is 5.97 Å². The predicted molar refractivity (Wildman–Crippen MR) is 174 cm³/mol. The molecule has 1 radical (unpaired) electrons. The fourth-order valence-corrected chi connectivity index (χ4v) is 5.30. The van der Waals surface area contributed by atoms with Crippen molar-refractivity contribution in [3.8, 4) is 29.2 Å². The Labute approximate surface area is 319 Å². The first-order chi connectivity index (χ1) is 23.5. The predicted octanol–water partition coefficient (Wildman–Crippen LogP) is 0.561. The molecule has 1 saturated heterocycles. The number of nitrogens with one attached hydrogen (secondary N) is 2. The quantitative estimate of drug-likeness (QED) is 0.0460. The number of carbonyl (C=O) groups excluding carboxylic acids is 2. The van der Waals surface area contributed by atoms with Gasteiger partial charge < -0.3 is 50.4 Å². The van der Waals surface area contributed by atoms with Crippen molar-refractivity contribution in [2.24, 2.45) is 0 Å². The van der Waals surface area contributed by atoms with Crippen molar-refractivity contribution in [1.29, 1.82) is 0 Å². The molecule has 0 aromatic heterocycles. The number of carbonyl (C=O) groups is 3. The van der Waals surface area contributed by atoms with E-state index in [1.54, 1.807) is 42.5 Å². The fourth-order valence-electron chi connectivity index (χ4n) is 5.30. The van der Waals surface area contributed by atoms with Crippen LogP contribution in [-0.2, 0) is 36.9 Å². The Bertz CT molecular complexity index is 1600. The van der Waals surface area contributed by atoms with Gasteiger partial charge in [-0.1, -0.05) is 42.0 Å². The SMILES string of the molecule is C#CCCOc1ccc(CO[C@]2(C(=O)O)C[C@H](O)[C@@H](NC(=O)CO)[C@H]([C@H](O)[C@H](O)CNC(=O)Cc3cccc(-c4c[c-]ccc4)c3)O2)cc1.[Ho]. The van der Waals surface area contributed by atoms with Gasteiger partial charge in [0.1, 0.15) is 24.6 Å². The molecule has 3 aromatic rings. The van der Waals surface area contributed by atoms with E-state index in [2.05, 4.69) is 22.6 Å². The van der Waals surface area contributed by atoms with Gasteiger partial charge in [0, 0.05) is 57.1 Å². The molecule has 0 saturated carbocycles. The molecule has 2 amide bonds. The van der Waals surface area contributed by atoms with Gasteiger partial charge in [0.05, 0.1) is 37.9 Å². The normalized spacial score (nSPS) is 21.1. The Hall–Kier alpha value is -3.55. The summed E-state index contributed by atoms with van der Waals surface area (Å²) in [6.07, 6.45) is -2.19. The Morgan fingerprint density at radius 3 is 2.46 bits per heavy atom. The summed E-state index contributed by atoms with van der Waals surface area (Å²) in [6, 6.07) is 22.7. The zero-order valence-electron chi connectivity index (χ0n) is 26.8. The zero-order valence-corrected chi connectivity index (χ0v) is 28.8. The number of hydrogen-bond donors (Lipinski definition) is 7. The first-order valence-corrected chi connectivity index (χ1v) is 15.5. The van der Waals surface area contributed by atoms with Crippen molar-refractivity contribution in [2.45, 2.75) is 62.1 Å². The molecule has 271 valence electrons. The molecule has 50 heavy (non-hydrogen) atoms. The third-order valence-electron chi connectivity index (χ3n) is 7.85. The van der Waals surface area contributed by atoms with E-state index < -0.39 is 73.6 Å². The Kier molecular flexibility index (Phi) is 16.1. The third-order valence-corrected chi connectivity index (χ3v) is 7.85. The average molecular weight is 841 g/mol. The molecule has 1 aliphatic heterocycles. The fraction of sp³-hybridized carbons (Fsp3) is 0.361. The minimum atomic E-state index is -2.52. The maximum absolute atomic E-state index is 12.8. The van der Waals surface area contributed by atoms with E-state index in [1.807, 2.05) is 30.3 Å². The largest absolute Gasteiger partial charge is 0.493 e. The molecule has 0 unspecified atom stereocenters. The first-order valence-electron chi connectivity index (χ1n) is 15.5. The number of hydrogen-bond acceptors (Lipinski definition) is 10. The van der Waals surface area contributed by atoms with E-state index >= 15 is 0 Å². The van der Waals surface area contributed by atoms with E-state index in [4.69, 9.17) is 20.6 Å². The van der Waals surface area contributed by atoms with Crippen LogP contribution in [0.5, 0.6) is 5.75 Å². The summed E-state index contributed by atoms with van der Waals surface area (Å²) >= 11 is 0. The van der Waals surface area contributed by atoms with Crippen molar-refractivity contribution < 1.29 is 91.9 Å². The van der Waals surface area contributed by atoms with Crippen molar-refractivity contribution in [1.82, 2.24) is 10.6 Å². The van der Waals surface area contributed by atoms with Crippen LogP contribution in [0, 0.1) is 56.1 Å². The van der Waals surface area contributed by atoms with Crippen LogP contribution in [-0.4, -0.2) is 99.3 Å². The van der Waals surface area contributed by atoms with Gasteiger partial charge in [-0.05, 0) is 23.3 Å². The number of aliphatic hydroxyl groups is 4. The second-order valence-electron chi connectivity index (χ2n) is 11.4. The number of terminal acetylenes is 1. The standard InChI is InChI=1S/C36H39N2O11.Ho/c1-2-3-16-47-27-14-12-23(13-15-27)22-48-36(35(45)46)19-28(40)32(38-31(43)21-39)34(49-36)33(44)29(41)20-37-30(42)18-24-8-7-11-26(17-24)25-9-5-4-6-10-25;/h1,4-5,7-15,17,28-29,32-34,39-41,44H,3,16,18-22H2,(H,37,42)(H,38,43)(H,45,46);/q-1;/t28-,29+,32+,33+,34+,36+;/m0./s1. The van der Waals surface area contributed by atoms with E-state index in [0.717, 1.165) is 11.1 Å². The Balaban J connectivity index is 0.00000676. The van der Waals surface area contributed by atoms with Crippen molar-refractivity contribution in [3.05, 3.63) is 90.0 Å². The average Bonchev–Trinajstić information content (AvgIpc) is 3.11. The topological polar surface area (TPSA) is 204 Å². The number of benzene rings is 3. The van der Waals surface area contributed by atoms with Crippen LogP contribution < -0.4 is 15.4 Å². The molecule has 4 rings (SSSR count). The molecule has 1 aliphatic rings. The molecule has 7 N–H and O–H groups in total. The molecule has 13 nitrogen and oxygen atoms in total. The van der Waals surface area contributed by atoms with Gasteiger partial charge in [-0.15, -0.1) is 17.9 Å². The first kappa shape index (κ1) is 40.9. The molecule has 0 bridgehead atoms. The minimum absolute atomic E-state index is 0. The maximum atomic E-state index is 12.8. The summed E-state index contributed by atoms with van der Waals surface area (Å²) in [5.41, 5.74) is 3.01. The van der Waals surface area contributed by atoms with Crippen LogP contribution in [0.1, 0.15) is 24.0 Å². The molecular formula is C36H39HoN2O11-. The molecule has 1 heterocycles. The monoisotopic (exact) mass is 840 g/mol. The molecular weight excluding hydrogens is 801 g/mol. The summed E-state index contributed by atoms with van der Waals surface area (Å²) in [4.78, 5) is 37.4. The van der Waals surface area contributed by atoms with Gasteiger partial charge in [-0.25, -0.2) is 4.79 Å². The van der Waals surface area contributed by atoms with Gasteiger partial charge in [0.15, 0.2) is 0 Å². The third kappa shape index (κ3) is 11.2. The van der Waals surface area contributed by atoms with Gasteiger partial charge in [-0.3, -0.25) is 9.59 Å². The van der Waals surface area contributed by atoms with Crippen LogP contribution >= 0.6 is 0 Å². The van der Waals surface area contributed by atoms with E-state index in [1.165, 1.54) is 0 Å².